The van der Waals surface area contributed by atoms with Crippen molar-refractivity contribution in [3.8, 4) is 0 Å². The first-order valence-electron chi connectivity index (χ1n) is 7.79. The van der Waals surface area contributed by atoms with Gasteiger partial charge >= 0.3 is 0 Å². The highest BCUT2D eigenvalue weighted by molar-refractivity contribution is 6.23. The van der Waals surface area contributed by atoms with E-state index in [0.29, 0.717) is 0 Å². The molecule has 0 atom stereocenters. The second-order valence-corrected chi connectivity index (χ2v) is 6.00. The van der Waals surface area contributed by atoms with Crippen molar-refractivity contribution in [2.75, 3.05) is 0 Å². The van der Waals surface area contributed by atoms with E-state index in [1.165, 1.54) is 16.3 Å². The van der Waals surface area contributed by atoms with Crippen molar-refractivity contribution in [2.45, 2.75) is 6.92 Å². The SMILES string of the molecule is Cc1ccc2nc3c4ccccc4c4ccccc4c3nc2c1. The highest BCUT2D eigenvalue weighted by atomic mass is 14.8. The molecule has 0 spiro atoms. The Bertz CT molecular complexity index is 1220. The summed E-state index contributed by atoms with van der Waals surface area (Å²) >= 11 is 0. The minimum absolute atomic E-state index is 0.948. The van der Waals surface area contributed by atoms with Gasteiger partial charge in [0, 0.05) is 10.8 Å². The zero-order valence-corrected chi connectivity index (χ0v) is 12.7. The Morgan fingerprint density at radius 3 is 1.70 bits per heavy atom. The van der Waals surface area contributed by atoms with Gasteiger partial charge in [0.2, 0.25) is 0 Å². The molecule has 0 amide bonds. The molecule has 0 aliphatic carbocycles. The van der Waals surface area contributed by atoms with Crippen LogP contribution in [0.15, 0.2) is 66.7 Å². The molecular weight excluding hydrogens is 280 g/mol. The third kappa shape index (κ3) is 1.75. The molecule has 1 aromatic heterocycles. The van der Waals surface area contributed by atoms with Crippen molar-refractivity contribution in [3.63, 3.8) is 0 Å². The van der Waals surface area contributed by atoms with Crippen LogP contribution in [-0.4, -0.2) is 9.97 Å². The van der Waals surface area contributed by atoms with Crippen molar-refractivity contribution in [1.82, 2.24) is 9.97 Å². The van der Waals surface area contributed by atoms with Gasteiger partial charge in [0.25, 0.3) is 0 Å². The van der Waals surface area contributed by atoms with Gasteiger partial charge in [-0.2, -0.15) is 0 Å². The minimum Gasteiger partial charge on any atom is -0.244 e. The second-order valence-electron chi connectivity index (χ2n) is 6.00. The van der Waals surface area contributed by atoms with Gasteiger partial charge < -0.3 is 0 Å². The van der Waals surface area contributed by atoms with E-state index < -0.39 is 0 Å². The van der Waals surface area contributed by atoms with Crippen molar-refractivity contribution < 1.29 is 0 Å². The number of benzene rings is 4. The number of nitrogens with zero attached hydrogens (tertiary/aromatic N) is 2. The van der Waals surface area contributed by atoms with Crippen LogP contribution in [0.4, 0.5) is 0 Å². The standard InChI is InChI=1S/C21H14N2/c1-13-10-11-18-19(12-13)23-21-17-9-5-3-7-15(17)14-6-2-4-8-16(14)20(21)22-18/h2-12H,1H3. The summed E-state index contributed by atoms with van der Waals surface area (Å²) in [6.07, 6.45) is 0. The molecule has 0 N–H and O–H groups in total. The van der Waals surface area contributed by atoms with Crippen molar-refractivity contribution >= 4 is 43.6 Å². The Morgan fingerprint density at radius 2 is 1.09 bits per heavy atom. The van der Waals surface area contributed by atoms with Gasteiger partial charge in [-0.15, -0.1) is 0 Å². The van der Waals surface area contributed by atoms with Gasteiger partial charge in [-0.1, -0.05) is 54.6 Å². The number of aryl methyl sites for hydroxylation is 1. The van der Waals surface area contributed by atoms with Gasteiger partial charge in [-0.3, -0.25) is 0 Å². The van der Waals surface area contributed by atoms with Crippen LogP contribution in [0.5, 0.6) is 0 Å². The topological polar surface area (TPSA) is 25.8 Å². The number of aromatic nitrogens is 2. The molecule has 4 aromatic carbocycles. The van der Waals surface area contributed by atoms with E-state index >= 15 is 0 Å². The maximum atomic E-state index is 4.95. The highest BCUT2D eigenvalue weighted by Gasteiger charge is 2.11. The molecular formula is C21H14N2. The highest BCUT2D eigenvalue weighted by Crippen LogP contribution is 2.33. The minimum atomic E-state index is 0.948. The first-order chi connectivity index (χ1) is 11.3. The van der Waals surface area contributed by atoms with E-state index in [4.69, 9.17) is 9.97 Å². The Balaban J connectivity index is 2.14. The molecule has 0 saturated carbocycles. The molecule has 5 aromatic rings. The average molecular weight is 294 g/mol. The summed E-state index contributed by atoms with van der Waals surface area (Å²) in [5.74, 6) is 0. The van der Waals surface area contributed by atoms with Gasteiger partial charge in [-0.05, 0) is 35.4 Å². The van der Waals surface area contributed by atoms with Crippen LogP contribution in [-0.2, 0) is 0 Å². The molecule has 5 rings (SSSR count). The van der Waals surface area contributed by atoms with Crippen LogP contribution in [0.1, 0.15) is 5.56 Å². The fourth-order valence-corrected chi connectivity index (χ4v) is 3.39. The summed E-state index contributed by atoms with van der Waals surface area (Å²) in [6.45, 7) is 2.09. The zero-order valence-electron chi connectivity index (χ0n) is 12.7. The van der Waals surface area contributed by atoms with Crippen molar-refractivity contribution in [1.29, 1.82) is 0 Å². The second kappa shape index (κ2) is 4.50. The first kappa shape index (κ1) is 12.5. The molecule has 108 valence electrons. The molecule has 2 heteroatoms. The van der Waals surface area contributed by atoms with Gasteiger partial charge in [-0.25, -0.2) is 9.97 Å². The maximum absolute atomic E-state index is 4.95. The number of hydrogen-bond acceptors (Lipinski definition) is 2. The number of fused-ring (bicyclic) bond motifs is 7. The molecule has 0 unspecified atom stereocenters. The summed E-state index contributed by atoms with van der Waals surface area (Å²) in [4.78, 5) is 9.89. The first-order valence-corrected chi connectivity index (χ1v) is 7.79. The molecule has 0 aliphatic rings. The van der Waals surface area contributed by atoms with Crippen molar-refractivity contribution in [2.24, 2.45) is 0 Å². The van der Waals surface area contributed by atoms with Crippen LogP contribution in [0.25, 0.3) is 43.6 Å². The van der Waals surface area contributed by atoms with E-state index in [0.717, 1.165) is 32.8 Å². The predicted molar refractivity (Wildman–Crippen MR) is 96.8 cm³/mol. The Morgan fingerprint density at radius 1 is 0.565 bits per heavy atom. The summed E-state index contributed by atoms with van der Waals surface area (Å²) in [6, 6.07) is 23.2. The lowest BCUT2D eigenvalue weighted by Crippen LogP contribution is -1.91. The maximum Gasteiger partial charge on any atom is 0.0979 e. The van der Waals surface area contributed by atoms with E-state index in [1.807, 2.05) is 0 Å². The average Bonchev–Trinajstić information content (AvgIpc) is 2.60. The molecule has 1 heterocycles. The number of rotatable bonds is 0. The Kier molecular flexibility index (Phi) is 2.45. The van der Waals surface area contributed by atoms with E-state index in [1.54, 1.807) is 0 Å². The smallest absolute Gasteiger partial charge is 0.0979 e. The lowest BCUT2D eigenvalue weighted by molar-refractivity contribution is 1.39. The summed E-state index contributed by atoms with van der Waals surface area (Å²) in [5, 5.41) is 4.79. The predicted octanol–water partition coefficient (Wildman–Crippen LogP) is 5.40. The molecule has 23 heavy (non-hydrogen) atoms. The molecule has 0 aliphatic heterocycles. The lowest BCUT2D eigenvalue weighted by Gasteiger charge is -2.10. The normalized spacial score (nSPS) is 11.7. The lowest BCUT2D eigenvalue weighted by atomic mass is 9.99. The van der Waals surface area contributed by atoms with Crippen molar-refractivity contribution in [3.05, 3.63) is 72.3 Å². The zero-order chi connectivity index (χ0) is 15.4. The largest absolute Gasteiger partial charge is 0.244 e. The van der Waals surface area contributed by atoms with Crippen LogP contribution in [0.2, 0.25) is 0 Å². The van der Waals surface area contributed by atoms with Crippen LogP contribution in [0.3, 0.4) is 0 Å². The van der Waals surface area contributed by atoms with Crippen LogP contribution >= 0.6 is 0 Å². The van der Waals surface area contributed by atoms with Gasteiger partial charge in [0.1, 0.15) is 0 Å². The van der Waals surface area contributed by atoms with E-state index in [9.17, 15) is 0 Å². The Labute approximate surface area is 133 Å². The third-order valence-corrected chi connectivity index (χ3v) is 4.47. The van der Waals surface area contributed by atoms with Crippen LogP contribution in [0, 0.1) is 6.92 Å². The molecule has 0 saturated heterocycles. The molecule has 0 fully saturated rings. The fraction of sp³-hybridized carbons (Fsp3) is 0.0476. The summed E-state index contributed by atoms with van der Waals surface area (Å²) in [7, 11) is 0. The van der Waals surface area contributed by atoms with E-state index in [2.05, 4.69) is 73.7 Å². The third-order valence-electron chi connectivity index (χ3n) is 4.47. The molecule has 0 radical (unpaired) electrons. The molecule has 2 nitrogen and oxygen atoms in total. The fourth-order valence-electron chi connectivity index (χ4n) is 3.39. The summed E-state index contributed by atoms with van der Waals surface area (Å²) in [5.41, 5.74) is 5.07. The summed E-state index contributed by atoms with van der Waals surface area (Å²) < 4.78 is 0. The quantitative estimate of drug-likeness (QED) is 0.282. The Hall–Kier alpha value is -3.00. The molecule has 0 bridgehead atoms. The van der Waals surface area contributed by atoms with E-state index in [-0.39, 0.29) is 0 Å². The van der Waals surface area contributed by atoms with Gasteiger partial charge in [0.05, 0.1) is 22.1 Å². The van der Waals surface area contributed by atoms with Crippen LogP contribution < -0.4 is 0 Å². The monoisotopic (exact) mass is 294 g/mol. The van der Waals surface area contributed by atoms with Gasteiger partial charge in [0.15, 0.2) is 0 Å². The number of hydrogen-bond donors (Lipinski definition) is 0.